The zero-order valence-electron chi connectivity index (χ0n) is 19.4. The van der Waals surface area contributed by atoms with Crippen LogP contribution < -0.4 is 14.4 Å². The Balaban J connectivity index is 2.44. The number of nitro groups is 1. The Morgan fingerprint density at radius 2 is 1.71 bits per heavy atom. The van der Waals surface area contributed by atoms with Crippen LogP contribution in [-0.4, -0.2) is 53.3 Å². The number of methoxy groups -OCH3 is 1. The lowest BCUT2D eigenvalue weighted by Crippen LogP contribution is -2.49. The number of benzene rings is 2. The molecule has 0 radical (unpaired) electrons. The minimum Gasteiger partial charge on any atom is -0.495 e. The summed E-state index contributed by atoms with van der Waals surface area (Å²) in [6, 6.07) is 7.62. The fourth-order valence-corrected chi connectivity index (χ4v) is 5.23. The Morgan fingerprint density at radius 3 is 2.15 bits per heavy atom. The molecular weight excluding hydrogens is 486 g/mol. The highest BCUT2D eigenvalue weighted by Gasteiger charge is 2.35. The van der Waals surface area contributed by atoms with Crippen molar-refractivity contribution < 1.29 is 31.3 Å². The Kier molecular flexibility index (Phi) is 8.26. The number of non-ortho nitro benzene ring substituents is 1. The molecule has 0 heterocycles. The van der Waals surface area contributed by atoms with Crippen LogP contribution in [0.25, 0.3) is 0 Å². The van der Waals surface area contributed by atoms with Gasteiger partial charge in [-0.2, -0.15) is 0 Å². The van der Waals surface area contributed by atoms with E-state index in [2.05, 4.69) is 5.32 Å². The molecule has 0 aliphatic carbocycles. The van der Waals surface area contributed by atoms with Crippen molar-refractivity contribution in [2.75, 3.05) is 23.9 Å². The minimum atomic E-state index is -4.07. The summed E-state index contributed by atoms with van der Waals surface area (Å²) in [4.78, 5) is 23.9. The standard InChI is InChI=1S/C21H27N3O8S2/c1-6-18(21(25)22-14(2)15-7-10-17(11-8-15)33(4,28)29)23(34(5,30)31)19-13-16(24(26)27)9-12-20(19)32-3/h7-14,18H,6H2,1-5H3,(H,22,25)/t14-,18-/m1/s1. The Bertz CT molecular complexity index is 1280. The second-order valence-electron chi connectivity index (χ2n) is 7.67. The second-order valence-corrected chi connectivity index (χ2v) is 11.5. The fraction of sp³-hybridized carbons (Fsp3) is 0.381. The zero-order chi connectivity index (χ0) is 25.8. The maximum atomic E-state index is 13.2. The Morgan fingerprint density at radius 1 is 1.12 bits per heavy atom. The molecule has 186 valence electrons. The van der Waals surface area contributed by atoms with Crippen LogP contribution in [0.4, 0.5) is 11.4 Å². The van der Waals surface area contributed by atoms with E-state index in [-0.39, 0.29) is 28.4 Å². The predicted octanol–water partition coefficient (Wildman–Crippen LogP) is 2.43. The van der Waals surface area contributed by atoms with E-state index in [1.165, 1.54) is 31.4 Å². The van der Waals surface area contributed by atoms with Gasteiger partial charge < -0.3 is 10.1 Å². The van der Waals surface area contributed by atoms with Crippen LogP contribution >= 0.6 is 0 Å². The van der Waals surface area contributed by atoms with Gasteiger partial charge in [0.25, 0.3) is 5.69 Å². The van der Waals surface area contributed by atoms with Crippen molar-refractivity contribution in [3.63, 3.8) is 0 Å². The third-order valence-corrected chi connectivity index (χ3v) is 7.40. The van der Waals surface area contributed by atoms with Gasteiger partial charge in [0.15, 0.2) is 9.84 Å². The summed E-state index contributed by atoms with van der Waals surface area (Å²) in [5.41, 5.74) is 0.111. The lowest BCUT2D eigenvalue weighted by molar-refractivity contribution is -0.384. The van der Waals surface area contributed by atoms with Crippen molar-refractivity contribution in [3.05, 3.63) is 58.1 Å². The van der Waals surface area contributed by atoms with E-state index < -0.39 is 42.8 Å². The molecule has 0 bridgehead atoms. The highest BCUT2D eigenvalue weighted by atomic mass is 32.2. The van der Waals surface area contributed by atoms with Crippen molar-refractivity contribution in [2.45, 2.75) is 37.2 Å². The number of anilines is 1. The van der Waals surface area contributed by atoms with Gasteiger partial charge >= 0.3 is 0 Å². The summed E-state index contributed by atoms with van der Waals surface area (Å²) in [7, 11) is -6.16. The van der Waals surface area contributed by atoms with Crippen LogP contribution in [-0.2, 0) is 24.7 Å². The molecule has 2 rings (SSSR count). The van der Waals surface area contributed by atoms with Gasteiger partial charge in [0.2, 0.25) is 15.9 Å². The Hall–Kier alpha value is -3.19. The number of carbonyl (C=O) groups excluding carboxylic acids is 1. The van der Waals surface area contributed by atoms with Gasteiger partial charge in [-0.1, -0.05) is 19.1 Å². The third-order valence-electron chi connectivity index (χ3n) is 5.11. The highest BCUT2D eigenvalue weighted by molar-refractivity contribution is 7.92. The van der Waals surface area contributed by atoms with E-state index in [0.717, 1.165) is 22.9 Å². The second kappa shape index (κ2) is 10.4. The number of ether oxygens (including phenoxy) is 1. The molecular formula is C21H27N3O8S2. The average molecular weight is 514 g/mol. The number of sulfonamides is 1. The van der Waals surface area contributed by atoms with E-state index in [4.69, 9.17) is 4.74 Å². The lowest BCUT2D eigenvalue weighted by atomic mass is 10.1. The highest BCUT2D eigenvalue weighted by Crippen LogP contribution is 2.35. The van der Waals surface area contributed by atoms with Gasteiger partial charge in [0.1, 0.15) is 17.5 Å². The molecule has 0 aliphatic rings. The molecule has 0 saturated carbocycles. The fourth-order valence-electron chi connectivity index (χ4n) is 3.40. The number of nitrogens with zero attached hydrogens (tertiary/aromatic N) is 2. The van der Waals surface area contributed by atoms with E-state index in [1.807, 2.05) is 0 Å². The number of amides is 1. The van der Waals surface area contributed by atoms with Gasteiger partial charge in [-0.05, 0) is 37.1 Å². The quantitative estimate of drug-likeness (QED) is 0.375. The van der Waals surface area contributed by atoms with Crippen LogP contribution in [0.3, 0.4) is 0 Å². The largest absolute Gasteiger partial charge is 0.495 e. The smallest absolute Gasteiger partial charge is 0.271 e. The summed E-state index contributed by atoms with van der Waals surface area (Å²) in [6.45, 7) is 3.27. The van der Waals surface area contributed by atoms with Crippen LogP contribution in [0.2, 0.25) is 0 Å². The first kappa shape index (κ1) is 27.1. The molecule has 2 atom stereocenters. The SMILES string of the molecule is CC[C@H](C(=O)N[C@H](C)c1ccc(S(C)(=O)=O)cc1)N(c1cc([N+](=O)[O-])ccc1OC)S(C)(=O)=O. The zero-order valence-corrected chi connectivity index (χ0v) is 21.0. The van der Waals surface area contributed by atoms with Crippen molar-refractivity contribution >= 4 is 37.1 Å². The first-order valence-electron chi connectivity index (χ1n) is 10.1. The van der Waals surface area contributed by atoms with E-state index in [9.17, 15) is 31.7 Å². The number of sulfone groups is 1. The van der Waals surface area contributed by atoms with Crippen LogP contribution in [0, 0.1) is 10.1 Å². The Labute approximate surface area is 198 Å². The van der Waals surface area contributed by atoms with Gasteiger partial charge in [0, 0.05) is 18.4 Å². The molecule has 1 N–H and O–H groups in total. The molecule has 34 heavy (non-hydrogen) atoms. The molecule has 0 aliphatic heterocycles. The summed E-state index contributed by atoms with van der Waals surface area (Å²) >= 11 is 0. The number of hydrogen-bond acceptors (Lipinski definition) is 8. The van der Waals surface area contributed by atoms with Gasteiger partial charge in [0.05, 0.1) is 29.2 Å². The van der Waals surface area contributed by atoms with Crippen molar-refractivity contribution in [1.82, 2.24) is 5.32 Å². The van der Waals surface area contributed by atoms with E-state index >= 15 is 0 Å². The van der Waals surface area contributed by atoms with Crippen LogP contribution in [0.15, 0.2) is 47.4 Å². The average Bonchev–Trinajstić information content (AvgIpc) is 2.75. The summed E-state index contributed by atoms with van der Waals surface area (Å²) in [6.07, 6.45) is 2.04. The molecule has 0 aromatic heterocycles. The maximum absolute atomic E-state index is 13.2. The predicted molar refractivity (Wildman–Crippen MR) is 127 cm³/mol. The minimum absolute atomic E-state index is 0.0479. The van der Waals surface area contributed by atoms with Crippen molar-refractivity contribution in [2.24, 2.45) is 0 Å². The molecule has 0 saturated heterocycles. The number of nitro benzene ring substituents is 1. The van der Waals surface area contributed by atoms with Crippen molar-refractivity contribution in [1.29, 1.82) is 0 Å². The monoisotopic (exact) mass is 513 g/mol. The normalized spacial score (nSPS) is 13.6. The number of carbonyl (C=O) groups is 1. The molecule has 0 fully saturated rings. The van der Waals surface area contributed by atoms with Crippen LogP contribution in [0.1, 0.15) is 31.9 Å². The topological polar surface area (TPSA) is 153 Å². The van der Waals surface area contributed by atoms with E-state index in [0.29, 0.717) is 5.56 Å². The maximum Gasteiger partial charge on any atom is 0.271 e. The lowest BCUT2D eigenvalue weighted by Gasteiger charge is -2.31. The summed E-state index contributed by atoms with van der Waals surface area (Å²) in [5, 5.41) is 14.0. The molecule has 2 aromatic carbocycles. The van der Waals surface area contributed by atoms with Crippen LogP contribution in [0.5, 0.6) is 5.75 Å². The number of rotatable bonds is 10. The van der Waals surface area contributed by atoms with Crippen molar-refractivity contribution in [3.8, 4) is 5.75 Å². The van der Waals surface area contributed by atoms with Gasteiger partial charge in [-0.15, -0.1) is 0 Å². The van der Waals surface area contributed by atoms with E-state index in [1.54, 1.807) is 26.0 Å². The molecule has 0 spiro atoms. The molecule has 1 amide bonds. The molecule has 11 nitrogen and oxygen atoms in total. The van der Waals surface area contributed by atoms with Gasteiger partial charge in [-0.3, -0.25) is 19.2 Å². The number of hydrogen-bond donors (Lipinski definition) is 1. The third kappa shape index (κ3) is 6.23. The summed E-state index contributed by atoms with van der Waals surface area (Å²) in [5.74, 6) is -0.590. The molecule has 2 aromatic rings. The van der Waals surface area contributed by atoms with Gasteiger partial charge in [-0.25, -0.2) is 16.8 Å². The first-order chi connectivity index (χ1) is 15.7. The number of nitrogens with one attached hydrogen (secondary N) is 1. The summed E-state index contributed by atoms with van der Waals surface area (Å²) < 4.78 is 54.8. The first-order valence-corrected chi connectivity index (χ1v) is 13.9. The molecule has 0 unspecified atom stereocenters. The molecule has 13 heteroatoms.